The van der Waals surface area contributed by atoms with Gasteiger partial charge in [0.15, 0.2) is 0 Å². The molecule has 2 N–H and O–H groups in total. The molecule has 0 unspecified atom stereocenters. The van der Waals surface area contributed by atoms with Crippen LogP contribution in [-0.2, 0) is 0 Å². The number of nitrogen functional groups attached to an aromatic ring is 1. The lowest BCUT2D eigenvalue weighted by Gasteiger charge is -2.09. The van der Waals surface area contributed by atoms with Crippen LogP contribution in [-0.4, -0.2) is 16.3 Å². The van der Waals surface area contributed by atoms with Crippen molar-refractivity contribution in [2.75, 3.05) is 5.73 Å². The zero-order chi connectivity index (χ0) is 13.2. The van der Waals surface area contributed by atoms with Crippen LogP contribution in [0.4, 0.5) is 24.8 Å². The van der Waals surface area contributed by atoms with Crippen molar-refractivity contribution in [2.45, 2.75) is 6.36 Å². The summed E-state index contributed by atoms with van der Waals surface area (Å²) in [6.07, 6.45) is -5.07. The van der Waals surface area contributed by atoms with Crippen LogP contribution in [0.3, 0.4) is 0 Å². The number of nitrogens with two attached hydrogens (primary N) is 1. The van der Waals surface area contributed by atoms with Gasteiger partial charge in [0.1, 0.15) is 11.6 Å². The van der Waals surface area contributed by atoms with Crippen LogP contribution in [0.2, 0.25) is 0 Å². The minimum absolute atomic E-state index is 0.539. The van der Waals surface area contributed by atoms with Crippen LogP contribution >= 0.6 is 0 Å². The second kappa shape index (κ2) is 4.12. The summed E-state index contributed by atoms with van der Waals surface area (Å²) in [4.78, 5) is 12.4. The van der Waals surface area contributed by atoms with Gasteiger partial charge in [-0.2, -0.15) is 5.26 Å². The summed E-state index contributed by atoms with van der Waals surface area (Å²) >= 11 is 0. The van der Waals surface area contributed by atoms with Gasteiger partial charge in [0.05, 0.1) is 6.07 Å². The number of hydrogen-bond donors (Lipinski definition) is 1. The van der Waals surface area contributed by atoms with Crippen LogP contribution in [0.25, 0.3) is 0 Å². The van der Waals surface area contributed by atoms with Gasteiger partial charge in [-0.25, -0.2) is 0 Å². The van der Waals surface area contributed by atoms with Crippen molar-refractivity contribution < 1.29 is 22.8 Å². The molecule has 0 radical (unpaired) electrons. The van der Waals surface area contributed by atoms with Crippen LogP contribution in [0.5, 0.6) is 5.75 Å². The molecule has 0 aromatic carbocycles. The number of nitrogens with zero attached hydrogens (tertiary/aromatic N) is 3. The topological polar surface area (TPSA) is 115 Å². The molecule has 1 rings (SSSR count). The number of pyridine rings is 1. The van der Waals surface area contributed by atoms with E-state index >= 15 is 0 Å². The number of rotatable bonds is 2. The number of anilines is 1. The molecule has 0 atom stereocenters. The minimum Gasteiger partial charge on any atom is -0.398 e. The van der Waals surface area contributed by atoms with E-state index in [1.165, 1.54) is 6.07 Å². The molecular weight excluding hydrogens is 245 g/mol. The number of ether oxygens (including phenoxy) is 1. The van der Waals surface area contributed by atoms with Gasteiger partial charge in [-0.05, 0) is 9.91 Å². The second-order valence-electron chi connectivity index (χ2n) is 2.66. The monoisotopic (exact) mass is 248 g/mol. The van der Waals surface area contributed by atoms with Gasteiger partial charge in [-0.3, -0.25) is 0 Å². The van der Waals surface area contributed by atoms with Crippen LogP contribution in [0.15, 0.2) is 6.07 Å². The zero-order valence-corrected chi connectivity index (χ0v) is 7.85. The molecule has 0 spiro atoms. The summed E-state index contributed by atoms with van der Waals surface area (Å²) in [6.45, 7) is 0. The molecular formula is C7H3F3N4O3. The standard InChI is InChI=1S/C7H3F3N4O3/c8-7(9,10)17-5-3(2-11)1-4(14(15)16)13-6(5)12/h1H,(H2,12,13). The van der Waals surface area contributed by atoms with Gasteiger partial charge in [-0.15, -0.1) is 13.2 Å². The summed E-state index contributed by atoms with van der Waals surface area (Å²) in [5, 5.41) is 18.9. The first-order valence-electron chi connectivity index (χ1n) is 3.85. The molecule has 90 valence electrons. The Morgan fingerprint density at radius 1 is 1.59 bits per heavy atom. The van der Waals surface area contributed by atoms with E-state index in [0.717, 1.165) is 0 Å². The van der Waals surface area contributed by atoms with Crippen molar-refractivity contribution in [1.29, 1.82) is 5.26 Å². The maximum Gasteiger partial charge on any atom is 0.573 e. The molecule has 1 aromatic rings. The fraction of sp³-hybridized carbons (Fsp3) is 0.143. The van der Waals surface area contributed by atoms with Gasteiger partial charge < -0.3 is 20.6 Å². The second-order valence-corrected chi connectivity index (χ2v) is 2.66. The van der Waals surface area contributed by atoms with E-state index in [1.807, 2.05) is 0 Å². The number of nitriles is 1. The van der Waals surface area contributed by atoms with Crippen LogP contribution in [0, 0.1) is 21.4 Å². The Kier molecular flexibility index (Phi) is 3.03. The van der Waals surface area contributed by atoms with Gasteiger partial charge in [0.2, 0.25) is 5.75 Å². The molecule has 0 bridgehead atoms. The van der Waals surface area contributed by atoms with Crippen molar-refractivity contribution in [3.8, 4) is 11.8 Å². The highest BCUT2D eigenvalue weighted by Gasteiger charge is 2.35. The molecule has 0 aliphatic rings. The molecule has 0 fully saturated rings. The van der Waals surface area contributed by atoms with Crippen molar-refractivity contribution in [2.24, 2.45) is 0 Å². The highest BCUT2D eigenvalue weighted by Crippen LogP contribution is 2.32. The summed E-state index contributed by atoms with van der Waals surface area (Å²) in [5.74, 6) is -2.77. The van der Waals surface area contributed by atoms with Gasteiger partial charge in [0.25, 0.3) is 5.82 Å². The molecule has 0 saturated carbocycles. The van der Waals surface area contributed by atoms with Crippen LogP contribution < -0.4 is 10.5 Å². The lowest BCUT2D eigenvalue weighted by atomic mass is 10.2. The number of aromatic nitrogens is 1. The summed E-state index contributed by atoms with van der Waals surface area (Å²) in [5.41, 5.74) is 4.33. The Balaban J connectivity index is 3.33. The van der Waals surface area contributed by atoms with Gasteiger partial charge in [-0.1, -0.05) is 0 Å². The van der Waals surface area contributed by atoms with Crippen molar-refractivity contribution in [1.82, 2.24) is 4.98 Å². The van der Waals surface area contributed by atoms with E-state index in [1.54, 1.807) is 0 Å². The Hall–Kier alpha value is -2.57. The average Bonchev–Trinajstić information content (AvgIpc) is 2.18. The lowest BCUT2D eigenvalue weighted by molar-refractivity contribution is -0.389. The molecule has 0 aliphatic heterocycles. The van der Waals surface area contributed by atoms with Crippen LogP contribution in [0.1, 0.15) is 5.56 Å². The van der Waals surface area contributed by atoms with Crippen molar-refractivity contribution >= 4 is 11.6 Å². The maximum absolute atomic E-state index is 11.9. The summed E-state index contributed by atoms with van der Waals surface area (Å²) in [7, 11) is 0. The van der Waals surface area contributed by atoms with E-state index in [0.29, 0.717) is 6.07 Å². The van der Waals surface area contributed by atoms with E-state index < -0.39 is 34.2 Å². The number of alkyl halides is 3. The molecule has 10 heteroatoms. The third-order valence-corrected chi connectivity index (χ3v) is 1.51. The number of halogens is 3. The van der Waals surface area contributed by atoms with Crippen molar-refractivity contribution in [3.63, 3.8) is 0 Å². The SMILES string of the molecule is N#Cc1cc([N+](=O)[O-])nc(N)c1OC(F)(F)F. The molecule has 0 amide bonds. The fourth-order valence-corrected chi connectivity index (χ4v) is 0.939. The summed E-state index contributed by atoms with van der Waals surface area (Å²) < 4.78 is 39.3. The zero-order valence-electron chi connectivity index (χ0n) is 7.85. The third-order valence-electron chi connectivity index (χ3n) is 1.51. The number of nitro groups is 1. The Morgan fingerprint density at radius 2 is 2.18 bits per heavy atom. The smallest absolute Gasteiger partial charge is 0.398 e. The fourth-order valence-electron chi connectivity index (χ4n) is 0.939. The molecule has 1 aromatic heterocycles. The van der Waals surface area contributed by atoms with E-state index in [9.17, 15) is 23.3 Å². The van der Waals surface area contributed by atoms with E-state index in [-0.39, 0.29) is 0 Å². The highest BCUT2D eigenvalue weighted by atomic mass is 19.4. The maximum atomic E-state index is 11.9. The molecule has 0 saturated heterocycles. The minimum atomic E-state index is -5.07. The number of hydrogen-bond acceptors (Lipinski definition) is 6. The van der Waals surface area contributed by atoms with Crippen molar-refractivity contribution in [3.05, 3.63) is 21.7 Å². The highest BCUT2D eigenvalue weighted by molar-refractivity contribution is 5.59. The molecule has 0 aliphatic carbocycles. The normalized spacial score (nSPS) is 10.7. The van der Waals surface area contributed by atoms with Gasteiger partial charge >= 0.3 is 12.2 Å². The Morgan fingerprint density at radius 3 is 2.59 bits per heavy atom. The van der Waals surface area contributed by atoms with E-state index in [4.69, 9.17) is 11.0 Å². The van der Waals surface area contributed by atoms with Gasteiger partial charge in [0, 0.05) is 0 Å². The first-order chi connectivity index (χ1) is 7.74. The third kappa shape index (κ3) is 2.94. The Bertz CT molecular complexity index is 508. The first kappa shape index (κ1) is 12.5. The predicted molar refractivity (Wildman–Crippen MR) is 46.7 cm³/mol. The molecule has 7 nitrogen and oxygen atoms in total. The summed E-state index contributed by atoms with van der Waals surface area (Å²) in [6, 6.07) is 1.84. The molecule has 1 heterocycles. The largest absolute Gasteiger partial charge is 0.573 e. The van der Waals surface area contributed by atoms with E-state index in [2.05, 4.69) is 9.72 Å². The lowest BCUT2D eigenvalue weighted by Crippen LogP contribution is -2.19. The molecule has 17 heavy (non-hydrogen) atoms. The predicted octanol–water partition coefficient (Wildman–Crippen LogP) is 1.34. The quantitative estimate of drug-likeness (QED) is 0.623. The first-order valence-corrected chi connectivity index (χ1v) is 3.85. The Labute approximate surface area is 91.4 Å². The average molecular weight is 248 g/mol.